The van der Waals surface area contributed by atoms with Gasteiger partial charge in [0.1, 0.15) is 0 Å². The van der Waals surface area contributed by atoms with E-state index in [4.69, 9.17) is 5.11 Å². The predicted octanol–water partition coefficient (Wildman–Crippen LogP) is 2.42. The molecule has 1 aromatic rings. The second kappa shape index (κ2) is 4.64. The number of aliphatic hydroxyl groups is 1. The number of carbonyl (C=O) groups is 1. The Morgan fingerprint density at radius 3 is 2.33 bits per heavy atom. The lowest BCUT2D eigenvalue weighted by Crippen LogP contribution is -2.24. The average molecular weight is 205 g/mol. The lowest BCUT2D eigenvalue weighted by Gasteiger charge is -2.15. The molecule has 1 N–H and O–H groups in total. The number of hydrogen-bond donors (Lipinski definition) is 1. The van der Waals surface area contributed by atoms with Gasteiger partial charge in [-0.1, -0.05) is 17.7 Å². The summed E-state index contributed by atoms with van der Waals surface area (Å²) in [7, 11) is 1.67. The fraction of sp³-hybridized carbons (Fsp3) is 0.250. The third-order valence-electron chi connectivity index (χ3n) is 2.08. The summed E-state index contributed by atoms with van der Waals surface area (Å²) >= 11 is 0. The van der Waals surface area contributed by atoms with Crippen LogP contribution in [0.5, 0.6) is 0 Å². The van der Waals surface area contributed by atoms with Gasteiger partial charge in [-0.15, -0.1) is 0 Å². The lowest BCUT2D eigenvalue weighted by atomic mass is 10.2. The van der Waals surface area contributed by atoms with Crippen LogP contribution in [0.3, 0.4) is 0 Å². The molecule has 1 rings (SSSR count). The van der Waals surface area contributed by atoms with Crippen molar-refractivity contribution in [2.45, 2.75) is 13.8 Å². The summed E-state index contributed by atoms with van der Waals surface area (Å²) < 4.78 is 0. The first-order chi connectivity index (χ1) is 7.00. The van der Waals surface area contributed by atoms with Gasteiger partial charge in [0.15, 0.2) is 0 Å². The summed E-state index contributed by atoms with van der Waals surface area (Å²) in [5.74, 6) is -0.224. The highest BCUT2D eigenvalue weighted by atomic mass is 16.3. The van der Waals surface area contributed by atoms with Crippen molar-refractivity contribution in [2.24, 2.45) is 0 Å². The van der Waals surface area contributed by atoms with Crippen LogP contribution in [0, 0.1) is 6.92 Å². The molecule has 0 fully saturated rings. The van der Waals surface area contributed by atoms with Gasteiger partial charge < -0.3 is 10.0 Å². The Kier molecular flexibility index (Phi) is 3.50. The van der Waals surface area contributed by atoms with Crippen molar-refractivity contribution in [1.29, 1.82) is 0 Å². The van der Waals surface area contributed by atoms with E-state index in [1.807, 2.05) is 31.2 Å². The van der Waals surface area contributed by atoms with Gasteiger partial charge in [0.05, 0.1) is 5.76 Å². The highest BCUT2D eigenvalue weighted by Gasteiger charge is 2.07. The monoisotopic (exact) mass is 205 g/mol. The molecular weight excluding hydrogens is 190 g/mol. The summed E-state index contributed by atoms with van der Waals surface area (Å²) in [5, 5.41) is 8.98. The molecule has 0 aromatic heterocycles. The van der Waals surface area contributed by atoms with E-state index in [9.17, 15) is 4.79 Å². The third-order valence-corrected chi connectivity index (χ3v) is 2.08. The SMILES string of the molecule is C/C(O)=C/C(=O)N(C)c1ccc(C)cc1. The van der Waals surface area contributed by atoms with Gasteiger partial charge in [0.25, 0.3) is 5.91 Å². The van der Waals surface area contributed by atoms with Crippen LogP contribution in [0.15, 0.2) is 36.1 Å². The first-order valence-corrected chi connectivity index (χ1v) is 4.72. The molecule has 15 heavy (non-hydrogen) atoms. The average Bonchev–Trinajstić information content (AvgIpc) is 2.17. The second-order valence-electron chi connectivity index (χ2n) is 3.52. The summed E-state index contributed by atoms with van der Waals surface area (Å²) in [5.41, 5.74) is 1.96. The Morgan fingerprint density at radius 2 is 1.87 bits per heavy atom. The van der Waals surface area contributed by atoms with Gasteiger partial charge in [-0.05, 0) is 26.0 Å². The van der Waals surface area contributed by atoms with Crippen LogP contribution in [0.25, 0.3) is 0 Å². The van der Waals surface area contributed by atoms with E-state index < -0.39 is 0 Å². The van der Waals surface area contributed by atoms with Gasteiger partial charge in [-0.25, -0.2) is 0 Å². The topological polar surface area (TPSA) is 40.5 Å². The van der Waals surface area contributed by atoms with Crippen molar-refractivity contribution in [2.75, 3.05) is 11.9 Å². The number of aryl methyl sites for hydroxylation is 1. The van der Waals surface area contributed by atoms with Crippen molar-refractivity contribution in [3.63, 3.8) is 0 Å². The zero-order chi connectivity index (χ0) is 11.4. The third kappa shape index (κ3) is 3.13. The van der Waals surface area contributed by atoms with E-state index >= 15 is 0 Å². The number of benzene rings is 1. The number of allylic oxidation sites excluding steroid dienone is 1. The Morgan fingerprint density at radius 1 is 1.33 bits per heavy atom. The normalized spacial score (nSPS) is 11.3. The largest absolute Gasteiger partial charge is 0.512 e. The molecule has 3 heteroatoms. The molecule has 1 amide bonds. The van der Waals surface area contributed by atoms with Gasteiger partial charge in [0, 0.05) is 18.8 Å². The standard InChI is InChI=1S/C12H15NO2/c1-9-4-6-11(7-5-9)13(3)12(15)8-10(2)14/h4-8,14H,1-3H3/b10-8-. The van der Waals surface area contributed by atoms with E-state index in [0.717, 1.165) is 11.3 Å². The minimum absolute atomic E-state index is 0.0129. The first kappa shape index (κ1) is 11.3. The van der Waals surface area contributed by atoms with Gasteiger partial charge in [-0.3, -0.25) is 4.79 Å². The predicted molar refractivity (Wildman–Crippen MR) is 61.0 cm³/mol. The number of nitrogens with zero attached hydrogens (tertiary/aromatic N) is 1. The fourth-order valence-electron chi connectivity index (χ4n) is 1.17. The summed E-state index contributed by atoms with van der Waals surface area (Å²) in [6.07, 6.45) is 1.19. The van der Waals surface area contributed by atoms with Crippen LogP contribution in [0.4, 0.5) is 5.69 Å². The number of hydrogen-bond acceptors (Lipinski definition) is 2. The number of anilines is 1. The van der Waals surface area contributed by atoms with E-state index in [-0.39, 0.29) is 11.7 Å². The quantitative estimate of drug-likeness (QED) is 0.595. The molecule has 0 saturated heterocycles. The molecule has 80 valence electrons. The van der Waals surface area contributed by atoms with Crippen molar-refractivity contribution in [1.82, 2.24) is 0 Å². The van der Waals surface area contributed by atoms with E-state index in [0.29, 0.717) is 0 Å². The number of likely N-dealkylation sites (N-methyl/N-ethyl adjacent to an activating group) is 1. The molecule has 0 spiro atoms. The maximum absolute atomic E-state index is 11.5. The molecule has 3 nitrogen and oxygen atoms in total. The number of aliphatic hydroxyl groups excluding tert-OH is 1. The second-order valence-corrected chi connectivity index (χ2v) is 3.52. The summed E-state index contributed by atoms with van der Waals surface area (Å²) in [6, 6.07) is 7.62. The lowest BCUT2D eigenvalue weighted by molar-refractivity contribution is -0.114. The minimum Gasteiger partial charge on any atom is -0.512 e. The molecule has 0 aliphatic rings. The minimum atomic E-state index is -0.237. The van der Waals surface area contributed by atoms with E-state index in [1.54, 1.807) is 7.05 Å². The van der Waals surface area contributed by atoms with Gasteiger partial charge in [0.2, 0.25) is 0 Å². The zero-order valence-electron chi connectivity index (χ0n) is 9.19. The number of rotatable bonds is 2. The highest BCUT2D eigenvalue weighted by Crippen LogP contribution is 2.13. The maximum Gasteiger partial charge on any atom is 0.254 e. The van der Waals surface area contributed by atoms with Crippen molar-refractivity contribution >= 4 is 11.6 Å². The summed E-state index contributed by atoms with van der Waals surface area (Å²) in [4.78, 5) is 13.0. The molecular formula is C12H15NO2. The molecule has 0 aliphatic carbocycles. The molecule has 0 heterocycles. The summed E-state index contributed by atoms with van der Waals surface area (Å²) in [6.45, 7) is 3.46. The van der Waals surface area contributed by atoms with Crippen LogP contribution in [-0.4, -0.2) is 18.1 Å². The molecule has 0 atom stereocenters. The zero-order valence-corrected chi connectivity index (χ0v) is 9.19. The van der Waals surface area contributed by atoms with Crippen LogP contribution < -0.4 is 4.90 Å². The highest BCUT2D eigenvalue weighted by molar-refractivity contribution is 6.01. The Hall–Kier alpha value is -1.77. The molecule has 0 unspecified atom stereocenters. The molecule has 0 saturated carbocycles. The van der Waals surface area contributed by atoms with Crippen LogP contribution >= 0.6 is 0 Å². The smallest absolute Gasteiger partial charge is 0.254 e. The molecule has 0 bridgehead atoms. The number of carbonyl (C=O) groups excluding carboxylic acids is 1. The van der Waals surface area contributed by atoms with Crippen molar-refractivity contribution < 1.29 is 9.90 Å². The molecule has 0 aliphatic heterocycles. The van der Waals surface area contributed by atoms with Gasteiger partial charge in [-0.2, -0.15) is 0 Å². The van der Waals surface area contributed by atoms with Gasteiger partial charge >= 0.3 is 0 Å². The number of amides is 1. The van der Waals surface area contributed by atoms with Crippen molar-refractivity contribution in [3.8, 4) is 0 Å². The van der Waals surface area contributed by atoms with Crippen LogP contribution in [0.1, 0.15) is 12.5 Å². The van der Waals surface area contributed by atoms with E-state index in [2.05, 4.69) is 0 Å². The van der Waals surface area contributed by atoms with E-state index in [1.165, 1.54) is 17.9 Å². The van der Waals surface area contributed by atoms with Crippen LogP contribution in [-0.2, 0) is 4.79 Å². The molecule has 1 aromatic carbocycles. The Bertz CT molecular complexity index is 375. The fourth-order valence-corrected chi connectivity index (χ4v) is 1.17. The van der Waals surface area contributed by atoms with Crippen LogP contribution in [0.2, 0.25) is 0 Å². The van der Waals surface area contributed by atoms with Crippen molar-refractivity contribution in [3.05, 3.63) is 41.7 Å². The maximum atomic E-state index is 11.5. The first-order valence-electron chi connectivity index (χ1n) is 4.72. The Labute approximate surface area is 89.6 Å². The molecule has 0 radical (unpaired) electrons. The Balaban J connectivity index is 2.85.